The summed E-state index contributed by atoms with van der Waals surface area (Å²) in [5.74, 6) is 0.686. The predicted molar refractivity (Wildman–Crippen MR) is 120 cm³/mol. The Balaban J connectivity index is 1.31. The zero-order valence-corrected chi connectivity index (χ0v) is 18.5. The zero-order valence-electron chi connectivity index (χ0n) is 18.5. The topological polar surface area (TPSA) is 79.0 Å². The lowest BCUT2D eigenvalue weighted by Crippen LogP contribution is -2.56. The average Bonchev–Trinajstić information content (AvgIpc) is 3.28. The highest BCUT2D eigenvalue weighted by molar-refractivity contribution is 5.95. The lowest BCUT2D eigenvalue weighted by molar-refractivity contribution is -0.154. The van der Waals surface area contributed by atoms with Crippen molar-refractivity contribution in [1.29, 1.82) is 0 Å². The molecular formula is C25H29N3O4. The Labute approximate surface area is 188 Å². The first kappa shape index (κ1) is 21.9. The van der Waals surface area contributed by atoms with E-state index < -0.39 is 0 Å². The number of ether oxygens (including phenoxy) is 1. The molecule has 0 bridgehead atoms. The Morgan fingerprint density at radius 3 is 2.44 bits per heavy atom. The Morgan fingerprint density at radius 2 is 1.75 bits per heavy atom. The van der Waals surface area contributed by atoms with Crippen molar-refractivity contribution in [2.24, 2.45) is 0 Å². The van der Waals surface area contributed by atoms with Crippen LogP contribution in [0, 0.1) is 0 Å². The first-order valence-corrected chi connectivity index (χ1v) is 11.1. The van der Waals surface area contributed by atoms with Crippen LogP contribution in [0.5, 0.6) is 5.75 Å². The minimum atomic E-state index is -0.299. The summed E-state index contributed by atoms with van der Waals surface area (Å²) in [6.45, 7) is 5.56. The number of carbonyl (C=O) groups excluding carboxylic acids is 3. The molecule has 0 unspecified atom stereocenters. The number of benzene rings is 2. The molecule has 2 fully saturated rings. The van der Waals surface area contributed by atoms with Gasteiger partial charge in [-0.1, -0.05) is 24.3 Å². The van der Waals surface area contributed by atoms with E-state index in [1.807, 2.05) is 50.2 Å². The molecule has 0 aliphatic carbocycles. The van der Waals surface area contributed by atoms with E-state index in [4.69, 9.17) is 4.74 Å². The minimum Gasteiger partial charge on any atom is -0.491 e. The van der Waals surface area contributed by atoms with Crippen LogP contribution in [0.4, 0.5) is 0 Å². The maximum atomic E-state index is 12.7. The van der Waals surface area contributed by atoms with Crippen molar-refractivity contribution in [3.63, 3.8) is 0 Å². The van der Waals surface area contributed by atoms with Gasteiger partial charge in [0.05, 0.1) is 6.10 Å². The molecule has 0 spiro atoms. The molecule has 2 aromatic rings. The zero-order chi connectivity index (χ0) is 22.7. The summed E-state index contributed by atoms with van der Waals surface area (Å²) in [4.78, 5) is 40.8. The number of piperazine rings is 1. The summed E-state index contributed by atoms with van der Waals surface area (Å²) in [6.07, 6.45) is 1.75. The van der Waals surface area contributed by atoms with Gasteiger partial charge in [0, 0.05) is 25.2 Å². The van der Waals surface area contributed by atoms with E-state index in [2.05, 4.69) is 5.32 Å². The van der Waals surface area contributed by atoms with Crippen LogP contribution in [0.15, 0.2) is 48.5 Å². The van der Waals surface area contributed by atoms with Gasteiger partial charge in [-0.15, -0.1) is 0 Å². The quantitative estimate of drug-likeness (QED) is 0.725. The maximum Gasteiger partial charge on any atom is 0.251 e. The van der Waals surface area contributed by atoms with Crippen LogP contribution in [0.1, 0.15) is 48.2 Å². The first-order chi connectivity index (χ1) is 15.4. The molecule has 0 aromatic heterocycles. The summed E-state index contributed by atoms with van der Waals surface area (Å²) in [6, 6.07) is 14.5. The molecule has 7 nitrogen and oxygen atoms in total. The van der Waals surface area contributed by atoms with Crippen LogP contribution in [0.25, 0.3) is 0 Å². The van der Waals surface area contributed by atoms with Crippen molar-refractivity contribution >= 4 is 17.7 Å². The largest absolute Gasteiger partial charge is 0.491 e. The highest BCUT2D eigenvalue weighted by Gasteiger charge is 2.41. The van der Waals surface area contributed by atoms with E-state index in [0.717, 1.165) is 29.7 Å². The first-order valence-electron chi connectivity index (χ1n) is 11.1. The van der Waals surface area contributed by atoms with E-state index in [0.29, 0.717) is 25.2 Å². The Hall–Kier alpha value is -3.35. The van der Waals surface area contributed by atoms with Gasteiger partial charge in [-0.3, -0.25) is 14.4 Å². The molecular weight excluding hydrogens is 406 g/mol. The second kappa shape index (κ2) is 9.42. The van der Waals surface area contributed by atoms with E-state index in [1.54, 1.807) is 21.9 Å². The van der Waals surface area contributed by atoms with Gasteiger partial charge < -0.3 is 19.9 Å². The van der Waals surface area contributed by atoms with Crippen LogP contribution >= 0.6 is 0 Å². The van der Waals surface area contributed by atoms with Crippen LogP contribution in [-0.2, 0) is 22.7 Å². The van der Waals surface area contributed by atoms with Crippen LogP contribution < -0.4 is 10.1 Å². The third-order valence-electron chi connectivity index (χ3n) is 5.83. The normalized spacial score (nSPS) is 18.2. The van der Waals surface area contributed by atoms with Gasteiger partial charge in [0.15, 0.2) is 0 Å². The molecule has 7 heteroatoms. The average molecular weight is 436 g/mol. The highest BCUT2D eigenvalue weighted by atomic mass is 16.5. The molecule has 4 rings (SSSR count). The molecule has 2 aromatic carbocycles. The van der Waals surface area contributed by atoms with Crippen molar-refractivity contribution in [3.05, 3.63) is 65.2 Å². The molecule has 1 atom stereocenters. The summed E-state index contributed by atoms with van der Waals surface area (Å²) in [5, 5.41) is 2.92. The second-order valence-electron chi connectivity index (χ2n) is 8.63. The monoisotopic (exact) mass is 435 g/mol. The third kappa shape index (κ3) is 4.93. The second-order valence-corrected chi connectivity index (χ2v) is 8.63. The molecule has 0 saturated carbocycles. The SMILES string of the molecule is CC(C)Oc1ccc(CNC(=O)c2ccc(CN3CC(=O)N4CCC[C@H]4C3=O)cc2)cc1. The number of rotatable bonds is 7. The number of hydrogen-bond acceptors (Lipinski definition) is 4. The number of carbonyl (C=O) groups is 3. The number of amides is 3. The molecule has 1 N–H and O–H groups in total. The summed E-state index contributed by atoms with van der Waals surface area (Å²) in [5.41, 5.74) is 2.44. The Bertz CT molecular complexity index is 985. The number of hydrogen-bond donors (Lipinski definition) is 1. The van der Waals surface area contributed by atoms with Gasteiger partial charge >= 0.3 is 0 Å². The van der Waals surface area contributed by atoms with E-state index in [-0.39, 0.29) is 36.4 Å². The third-order valence-corrected chi connectivity index (χ3v) is 5.83. The molecule has 2 heterocycles. The lowest BCUT2D eigenvalue weighted by Gasteiger charge is -2.36. The Morgan fingerprint density at radius 1 is 1.06 bits per heavy atom. The van der Waals surface area contributed by atoms with Crippen molar-refractivity contribution in [3.8, 4) is 5.75 Å². The van der Waals surface area contributed by atoms with Crippen LogP contribution in [0.3, 0.4) is 0 Å². The molecule has 2 saturated heterocycles. The van der Waals surface area contributed by atoms with Gasteiger partial charge in [0.1, 0.15) is 18.3 Å². The smallest absolute Gasteiger partial charge is 0.251 e. The summed E-state index contributed by atoms with van der Waals surface area (Å²) in [7, 11) is 0. The molecule has 2 aliphatic rings. The molecule has 168 valence electrons. The number of nitrogens with one attached hydrogen (secondary N) is 1. The number of fused-ring (bicyclic) bond motifs is 1. The highest BCUT2D eigenvalue weighted by Crippen LogP contribution is 2.24. The molecule has 2 aliphatic heterocycles. The maximum absolute atomic E-state index is 12.7. The molecule has 0 radical (unpaired) electrons. The fourth-order valence-corrected chi connectivity index (χ4v) is 4.22. The molecule has 3 amide bonds. The van der Waals surface area contributed by atoms with Gasteiger partial charge in [0.25, 0.3) is 5.91 Å². The standard InChI is InChI=1S/C25H29N3O4/c1-17(2)32-21-11-7-18(8-12-21)14-26-24(30)20-9-5-19(6-10-20)15-27-16-23(29)28-13-3-4-22(28)25(27)31/h5-12,17,22H,3-4,13-16H2,1-2H3,(H,26,30)/t22-/m0/s1. The van der Waals surface area contributed by atoms with E-state index >= 15 is 0 Å². The fraction of sp³-hybridized carbons (Fsp3) is 0.400. The summed E-state index contributed by atoms with van der Waals surface area (Å²) < 4.78 is 5.63. The van der Waals surface area contributed by atoms with E-state index in [9.17, 15) is 14.4 Å². The van der Waals surface area contributed by atoms with Crippen molar-refractivity contribution in [1.82, 2.24) is 15.1 Å². The Kier molecular flexibility index (Phi) is 6.44. The predicted octanol–water partition coefficient (Wildman–Crippen LogP) is 2.74. The van der Waals surface area contributed by atoms with Gasteiger partial charge in [-0.25, -0.2) is 0 Å². The van der Waals surface area contributed by atoms with Crippen molar-refractivity contribution in [2.75, 3.05) is 13.1 Å². The van der Waals surface area contributed by atoms with Gasteiger partial charge in [-0.2, -0.15) is 0 Å². The van der Waals surface area contributed by atoms with Crippen molar-refractivity contribution in [2.45, 2.75) is 51.9 Å². The van der Waals surface area contributed by atoms with Gasteiger partial charge in [-0.05, 0) is 62.1 Å². The summed E-state index contributed by atoms with van der Waals surface area (Å²) >= 11 is 0. The molecule has 32 heavy (non-hydrogen) atoms. The van der Waals surface area contributed by atoms with Gasteiger partial charge in [0.2, 0.25) is 11.8 Å². The van der Waals surface area contributed by atoms with E-state index in [1.165, 1.54) is 0 Å². The van der Waals surface area contributed by atoms with Crippen LogP contribution in [0.2, 0.25) is 0 Å². The fourth-order valence-electron chi connectivity index (χ4n) is 4.22. The van der Waals surface area contributed by atoms with Crippen LogP contribution in [-0.4, -0.2) is 52.8 Å². The minimum absolute atomic E-state index is 0.0203. The van der Waals surface area contributed by atoms with Crippen molar-refractivity contribution < 1.29 is 19.1 Å². The lowest BCUT2D eigenvalue weighted by atomic mass is 10.1. The number of nitrogens with zero attached hydrogens (tertiary/aromatic N) is 2.